The molecule has 1 fully saturated rings. The smallest absolute Gasteiger partial charge is 0.231 e. The van der Waals surface area contributed by atoms with Crippen LogP contribution in [0, 0.1) is 5.92 Å². The third-order valence-electron chi connectivity index (χ3n) is 4.99. The van der Waals surface area contributed by atoms with Crippen LogP contribution in [0.15, 0.2) is 36.8 Å². The number of nitrogens with one attached hydrogen (secondary N) is 1. The monoisotopic (exact) mass is 370 g/mol. The Hall–Kier alpha value is -2.71. The third kappa shape index (κ3) is 4.17. The van der Waals surface area contributed by atoms with Gasteiger partial charge in [0.1, 0.15) is 0 Å². The summed E-state index contributed by atoms with van der Waals surface area (Å²) < 4.78 is 10.7. The summed E-state index contributed by atoms with van der Waals surface area (Å²) in [4.78, 5) is 22.6. The zero-order chi connectivity index (χ0) is 18.6. The number of nitrogens with zero attached hydrogens (tertiary/aromatic N) is 3. The van der Waals surface area contributed by atoms with Crippen LogP contribution in [0.4, 0.5) is 5.82 Å². The Morgan fingerprint density at radius 1 is 1.26 bits per heavy atom. The average molecular weight is 370 g/mol. The summed E-state index contributed by atoms with van der Waals surface area (Å²) in [5.41, 5.74) is 0.807. The predicted octanol–water partition coefficient (Wildman–Crippen LogP) is 1.59. The van der Waals surface area contributed by atoms with E-state index in [2.05, 4.69) is 20.2 Å². The number of rotatable bonds is 5. The van der Waals surface area contributed by atoms with E-state index in [0.29, 0.717) is 23.9 Å². The van der Waals surface area contributed by atoms with Crippen molar-refractivity contribution in [2.45, 2.75) is 18.9 Å². The number of aromatic nitrogens is 2. The lowest BCUT2D eigenvalue weighted by atomic mass is 9.95. The number of ether oxygens (including phenoxy) is 2. The molecule has 1 aromatic heterocycles. The van der Waals surface area contributed by atoms with Crippen LogP contribution in [0.3, 0.4) is 0 Å². The first kappa shape index (κ1) is 17.7. The van der Waals surface area contributed by atoms with Crippen LogP contribution >= 0.6 is 0 Å². The lowest BCUT2D eigenvalue weighted by molar-refractivity contribution is -0.121. The molecule has 4 rings (SSSR count). The van der Waals surface area contributed by atoms with Gasteiger partial charge in [-0.1, -0.05) is 6.07 Å². The van der Waals surface area contributed by atoms with Crippen molar-refractivity contribution in [3.05, 3.63) is 42.4 Å². The second-order valence-corrected chi connectivity index (χ2v) is 6.78. The fourth-order valence-corrected chi connectivity index (χ4v) is 3.44. The van der Waals surface area contributed by atoms with Gasteiger partial charge in [-0.3, -0.25) is 9.78 Å². The Kier molecular flexibility index (Phi) is 5.17. The van der Waals surface area contributed by atoms with Gasteiger partial charge in [0.05, 0.1) is 12.3 Å². The van der Waals surface area contributed by atoms with E-state index in [9.17, 15) is 9.90 Å². The number of aliphatic hydroxyl groups is 1. The van der Waals surface area contributed by atoms with Gasteiger partial charge < -0.3 is 24.8 Å². The molecule has 8 heteroatoms. The number of aliphatic hydroxyl groups excluding tert-OH is 1. The van der Waals surface area contributed by atoms with E-state index >= 15 is 0 Å². The lowest BCUT2D eigenvalue weighted by Gasteiger charge is -2.32. The summed E-state index contributed by atoms with van der Waals surface area (Å²) in [5, 5.41) is 13.4. The Labute approximate surface area is 157 Å². The van der Waals surface area contributed by atoms with Crippen molar-refractivity contribution < 1.29 is 19.4 Å². The molecule has 2 aliphatic rings. The zero-order valence-corrected chi connectivity index (χ0v) is 14.9. The topological polar surface area (TPSA) is 96.8 Å². The number of fused-ring (bicyclic) bond motifs is 1. The number of anilines is 1. The molecular weight excluding hydrogens is 348 g/mol. The molecule has 2 aromatic rings. The number of piperidine rings is 1. The van der Waals surface area contributed by atoms with E-state index in [1.807, 2.05) is 18.2 Å². The number of benzene rings is 1. The number of β-amino-alcohol motifs (C(OH)–C–C–N with tert-alkyl or cyclic N) is 1. The number of carbonyl (C=O) groups is 1. The highest BCUT2D eigenvalue weighted by molar-refractivity contribution is 5.91. The van der Waals surface area contributed by atoms with Crippen LogP contribution in [0.2, 0.25) is 0 Å². The number of hydrogen-bond donors (Lipinski definition) is 2. The van der Waals surface area contributed by atoms with Crippen LogP contribution in [-0.2, 0) is 4.79 Å². The highest BCUT2D eigenvalue weighted by atomic mass is 16.7. The van der Waals surface area contributed by atoms with Crippen LogP contribution in [0.5, 0.6) is 11.5 Å². The number of amides is 1. The Balaban J connectivity index is 1.27. The van der Waals surface area contributed by atoms with Crippen molar-refractivity contribution in [1.82, 2.24) is 14.9 Å². The SMILES string of the molecule is O=C(Nc1cnccn1)C1CCN(CC(O)c2ccc3c(c2)OCO3)CC1. The number of likely N-dealkylation sites (tertiary alicyclic amines) is 1. The molecule has 2 N–H and O–H groups in total. The Bertz CT molecular complexity index is 794. The molecule has 1 aromatic carbocycles. The molecule has 142 valence electrons. The van der Waals surface area contributed by atoms with Crippen molar-refractivity contribution in [3.63, 3.8) is 0 Å². The van der Waals surface area contributed by atoms with Gasteiger partial charge in [-0.25, -0.2) is 4.98 Å². The van der Waals surface area contributed by atoms with Crippen molar-refractivity contribution in [2.75, 3.05) is 31.7 Å². The molecular formula is C19H22N4O4. The van der Waals surface area contributed by atoms with Gasteiger partial charge in [0.2, 0.25) is 12.7 Å². The maximum Gasteiger partial charge on any atom is 0.231 e. The molecule has 1 amide bonds. The van der Waals surface area contributed by atoms with Crippen LogP contribution in [-0.4, -0.2) is 52.3 Å². The molecule has 27 heavy (non-hydrogen) atoms. The van der Waals surface area contributed by atoms with E-state index in [-0.39, 0.29) is 18.6 Å². The Morgan fingerprint density at radius 3 is 2.85 bits per heavy atom. The minimum atomic E-state index is -0.607. The van der Waals surface area contributed by atoms with Gasteiger partial charge in [-0.2, -0.15) is 0 Å². The predicted molar refractivity (Wildman–Crippen MR) is 97.4 cm³/mol. The standard InChI is InChI=1S/C19H22N4O4/c24-15(14-1-2-16-17(9-14)27-12-26-16)11-23-7-3-13(4-8-23)19(25)22-18-10-20-5-6-21-18/h1-2,5-6,9-10,13,15,24H,3-4,7-8,11-12H2,(H,21,22,25). The van der Waals surface area contributed by atoms with Crippen LogP contribution < -0.4 is 14.8 Å². The van der Waals surface area contributed by atoms with Gasteiger partial charge in [-0.15, -0.1) is 0 Å². The highest BCUT2D eigenvalue weighted by Gasteiger charge is 2.27. The first-order valence-electron chi connectivity index (χ1n) is 9.06. The maximum absolute atomic E-state index is 12.4. The first-order valence-corrected chi connectivity index (χ1v) is 9.06. The summed E-state index contributed by atoms with van der Waals surface area (Å²) in [6, 6.07) is 5.51. The molecule has 8 nitrogen and oxygen atoms in total. The molecule has 3 heterocycles. The Morgan fingerprint density at radius 2 is 2.07 bits per heavy atom. The minimum Gasteiger partial charge on any atom is -0.454 e. The van der Waals surface area contributed by atoms with E-state index < -0.39 is 6.10 Å². The summed E-state index contributed by atoms with van der Waals surface area (Å²) in [5.74, 6) is 1.78. The highest BCUT2D eigenvalue weighted by Crippen LogP contribution is 2.34. The van der Waals surface area contributed by atoms with E-state index in [1.165, 1.54) is 6.20 Å². The van der Waals surface area contributed by atoms with E-state index in [1.54, 1.807) is 12.4 Å². The lowest BCUT2D eigenvalue weighted by Crippen LogP contribution is -2.40. The van der Waals surface area contributed by atoms with Gasteiger partial charge in [0, 0.05) is 24.9 Å². The van der Waals surface area contributed by atoms with Gasteiger partial charge in [-0.05, 0) is 43.6 Å². The molecule has 0 saturated carbocycles. The molecule has 1 atom stereocenters. The largest absolute Gasteiger partial charge is 0.454 e. The summed E-state index contributed by atoms with van der Waals surface area (Å²) in [6.07, 6.45) is 5.55. The summed E-state index contributed by atoms with van der Waals surface area (Å²) >= 11 is 0. The van der Waals surface area contributed by atoms with Crippen molar-refractivity contribution in [2.24, 2.45) is 5.92 Å². The summed E-state index contributed by atoms with van der Waals surface area (Å²) in [7, 11) is 0. The van der Waals surface area contributed by atoms with E-state index in [0.717, 1.165) is 31.5 Å². The minimum absolute atomic E-state index is 0.0218. The molecule has 0 spiro atoms. The molecule has 0 radical (unpaired) electrons. The molecule has 1 unspecified atom stereocenters. The molecule has 1 saturated heterocycles. The van der Waals surface area contributed by atoms with Crippen molar-refractivity contribution in [1.29, 1.82) is 0 Å². The number of carbonyl (C=O) groups excluding carboxylic acids is 1. The molecule has 0 aliphatic carbocycles. The fraction of sp³-hybridized carbons (Fsp3) is 0.421. The average Bonchev–Trinajstić information content (AvgIpc) is 3.17. The van der Waals surface area contributed by atoms with Crippen LogP contribution in [0.1, 0.15) is 24.5 Å². The van der Waals surface area contributed by atoms with E-state index in [4.69, 9.17) is 9.47 Å². The second kappa shape index (κ2) is 7.89. The summed E-state index contributed by atoms with van der Waals surface area (Å²) in [6.45, 7) is 2.28. The molecule has 0 bridgehead atoms. The normalized spacial score (nSPS) is 18.3. The van der Waals surface area contributed by atoms with Gasteiger partial charge in [0.25, 0.3) is 0 Å². The second-order valence-electron chi connectivity index (χ2n) is 6.78. The first-order chi connectivity index (χ1) is 13.2. The third-order valence-corrected chi connectivity index (χ3v) is 4.99. The quantitative estimate of drug-likeness (QED) is 0.825. The van der Waals surface area contributed by atoms with Gasteiger partial charge in [0.15, 0.2) is 17.3 Å². The molecule has 2 aliphatic heterocycles. The number of hydrogen-bond acceptors (Lipinski definition) is 7. The van der Waals surface area contributed by atoms with Gasteiger partial charge >= 0.3 is 0 Å². The van der Waals surface area contributed by atoms with Crippen molar-refractivity contribution in [3.8, 4) is 11.5 Å². The maximum atomic E-state index is 12.4. The zero-order valence-electron chi connectivity index (χ0n) is 14.9. The van der Waals surface area contributed by atoms with Crippen LogP contribution in [0.25, 0.3) is 0 Å². The van der Waals surface area contributed by atoms with Crippen molar-refractivity contribution >= 4 is 11.7 Å². The fourth-order valence-electron chi connectivity index (χ4n) is 3.44.